The fourth-order valence-electron chi connectivity index (χ4n) is 1.09. The first kappa shape index (κ1) is 7.92. The molecule has 0 saturated heterocycles. The van der Waals surface area contributed by atoms with Crippen LogP contribution < -0.4 is 0 Å². The normalized spacial score (nSPS) is 9.64. The van der Waals surface area contributed by atoms with Crippen molar-refractivity contribution < 1.29 is 0 Å². The first-order valence-electron chi connectivity index (χ1n) is 3.59. The van der Waals surface area contributed by atoms with Crippen LogP contribution in [0.2, 0.25) is 0 Å². The summed E-state index contributed by atoms with van der Waals surface area (Å²) in [5.41, 5.74) is 3.38. The van der Waals surface area contributed by atoms with E-state index >= 15 is 0 Å². The predicted molar refractivity (Wildman–Crippen MR) is 45.4 cm³/mol. The fourth-order valence-corrected chi connectivity index (χ4v) is 1.09. The summed E-state index contributed by atoms with van der Waals surface area (Å²) >= 11 is 0. The molecular weight excluding hydrogens is 138 g/mol. The largest absolute Gasteiger partial charge is 0.150 e. The molecule has 0 atom stereocenters. The van der Waals surface area contributed by atoms with Gasteiger partial charge in [-0.05, 0) is 25.0 Å². The summed E-state index contributed by atoms with van der Waals surface area (Å²) in [6.45, 7) is 4.31. The Bertz CT molecular complexity index is 268. The molecular formula is C9H11NO. The third-order valence-electron chi connectivity index (χ3n) is 1.73. The van der Waals surface area contributed by atoms with E-state index in [1.807, 2.05) is 26.0 Å². The SMILES string of the molecule is Cc1ccc(CN=O)c(C)c1. The van der Waals surface area contributed by atoms with Crippen LogP contribution in [-0.2, 0) is 6.54 Å². The molecule has 0 aliphatic carbocycles. The molecule has 2 heteroatoms. The lowest BCUT2D eigenvalue weighted by atomic mass is 10.1. The topological polar surface area (TPSA) is 29.4 Å². The first-order valence-corrected chi connectivity index (χ1v) is 3.59. The van der Waals surface area contributed by atoms with E-state index < -0.39 is 0 Å². The fraction of sp³-hybridized carbons (Fsp3) is 0.333. The van der Waals surface area contributed by atoms with Crippen LogP contribution in [0.4, 0.5) is 0 Å². The van der Waals surface area contributed by atoms with E-state index in [9.17, 15) is 4.91 Å². The third kappa shape index (κ3) is 1.87. The number of aryl methyl sites for hydroxylation is 2. The summed E-state index contributed by atoms with van der Waals surface area (Å²) in [5, 5.41) is 2.85. The molecule has 1 aromatic rings. The number of nitrogens with zero attached hydrogens (tertiary/aromatic N) is 1. The molecule has 0 spiro atoms. The van der Waals surface area contributed by atoms with Gasteiger partial charge in [0.25, 0.3) is 0 Å². The quantitative estimate of drug-likeness (QED) is 0.594. The minimum absolute atomic E-state index is 0.284. The number of hydrogen-bond acceptors (Lipinski definition) is 2. The maximum absolute atomic E-state index is 9.96. The van der Waals surface area contributed by atoms with Crippen molar-refractivity contribution in [3.63, 3.8) is 0 Å². The summed E-state index contributed by atoms with van der Waals surface area (Å²) in [6, 6.07) is 6.00. The average molecular weight is 149 g/mol. The zero-order valence-corrected chi connectivity index (χ0v) is 6.79. The summed E-state index contributed by atoms with van der Waals surface area (Å²) in [5.74, 6) is 0. The van der Waals surface area contributed by atoms with Gasteiger partial charge in [-0.2, -0.15) is 4.91 Å². The van der Waals surface area contributed by atoms with Gasteiger partial charge in [0, 0.05) is 0 Å². The maximum Gasteiger partial charge on any atom is 0.106 e. The van der Waals surface area contributed by atoms with Gasteiger partial charge in [-0.3, -0.25) is 0 Å². The lowest BCUT2D eigenvalue weighted by Gasteiger charge is -2.00. The molecule has 0 radical (unpaired) electrons. The van der Waals surface area contributed by atoms with Crippen LogP contribution in [0.3, 0.4) is 0 Å². The van der Waals surface area contributed by atoms with Gasteiger partial charge in [-0.15, -0.1) is 0 Å². The predicted octanol–water partition coefficient (Wildman–Crippen LogP) is 2.57. The van der Waals surface area contributed by atoms with Crippen molar-refractivity contribution >= 4 is 0 Å². The summed E-state index contributed by atoms with van der Waals surface area (Å²) < 4.78 is 0. The minimum atomic E-state index is 0.284. The van der Waals surface area contributed by atoms with Crippen molar-refractivity contribution in [3.8, 4) is 0 Å². The first-order chi connectivity index (χ1) is 5.24. The van der Waals surface area contributed by atoms with E-state index in [0.29, 0.717) is 0 Å². The van der Waals surface area contributed by atoms with Gasteiger partial charge in [0.05, 0.1) is 0 Å². The summed E-state index contributed by atoms with van der Waals surface area (Å²) in [6.07, 6.45) is 0. The maximum atomic E-state index is 9.96. The second-order valence-corrected chi connectivity index (χ2v) is 2.72. The lowest BCUT2D eigenvalue weighted by Crippen LogP contribution is -1.86. The molecule has 0 aromatic heterocycles. The van der Waals surface area contributed by atoms with E-state index in [0.717, 1.165) is 11.1 Å². The Balaban J connectivity index is 2.98. The molecule has 1 aromatic carbocycles. The zero-order chi connectivity index (χ0) is 8.27. The molecule has 0 aliphatic rings. The standard InChI is InChI=1S/C9H11NO/c1-7-3-4-9(6-10-11)8(2)5-7/h3-5H,6H2,1-2H3. The molecule has 0 bridgehead atoms. The van der Waals surface area contributed by atoms with Crippen molar-refractivity contribution in [2.24, 2.45) is 5.18 Å². The zero-order valence-electron chi connectivity index (χ0n) is 6.79. The van der Waals surface area contributed by atoms with Crippen LogP contribution >= 0.6 is 0 Å². The van der Waals surface area contributed by atoms with E-state index in [1.54, 1.807) is 0 Å². The number of hydrogen-bond donors (Lipinski definition) is 0. The Hall–Kier alpha value is -1.18. The van der Waals surface area contributed by atoms with Gasteiger partial charge in [0.1, 0.15) is 6.54 Å². The van der Waals surface area contributed by atoms with E-state index in [-0.39, 0.29) is 6.54 Å². The van der Waals surface area contributed by atoms with Crippen molar-refractivity contribution in [2.45, 2.75) is 20.4 Å². The molecule has 0 saturated carbocycles. The lowest BCUT2D eigenvalue weighted by molar-refractivity contribution is 1.03. The molecule has 0 aliphatic heterocycles. The molecule has 0 N–H and O–H groups in total. The smallest absolute Gasteiger partial charge is 0.106 e. The Morgan fingerprint density at radius 3 is 2.64 bits per heavy atom. The Kier molecular flexibility index (Phi) is 2.36. The molecule has 0 unspecified atom stereocenters. The molecule has 58 valence electrons. The molecule has 11 heavy (non-hydrogen) atoms. The van der Waals surface area contributed by atoms with Gasteiger partial charge >= 0.3 is 0 Å². The summed E-state index contributed by atoms with van der Waals surface area (Å²) in [7, 11) is 0. The van der Waals surface area contributed by atoms with E-state index in [4.69, 9.17) is 0 Å². The minimum Gasteiger partial charge on any atom is -0.150 e. The highest BCUT2D eigenvalue weighted by Gasteiger charge is 1.96. The van der Waals surface area contributed by atoms with Crippen molar-refractivity contribution in [3.05, 3.63) is 39.8 Å². The van der Waals surface area contributed by atoms with Crippen LogP contribution in [0.5, 0.6) is 0 Å². The molecule has 0 amide bonds. The van der Waals surface area contributed by atoms with Gasteiger partial charge in [0.15, 0.2) is 0 Å². The second kappa shape index (κ2) is 3.28. The third-order valence-corrected chi connectivity index (χ3v) is 1.73. The van der Waals surface area contributed by atoms with Crippen molar-refractivity contribution in [1.82, 2.24) is 0 Å². The van der Waals surface area contributed by atoms with Gasteiger partial charge in [-0.25, -0.2) is 0 Å². The highest BCUT2D eigenvalue weighted by atomic mass is 16.3. The van der Waals surface area contributed by atoms with Crippen molar-refractivity contribution in [1.29, 1.82) is 0 Å². The molecule has 1 rings (SSSR count). The van der Waals surface area contributed by atoms with E-state index in [2.05, 4.69) is 11.2 Å². The second-order valence-electron chi connectivity index (χ2n) is 2.72. The highest BCUT2D eigenvalue weighted by Crippen LogP contribution is 2.10. The summed E-state index contributed by atoms with van der Waals surface area (Å²) in [4.78, 5) is 9.96. The Morgan fingerprint density at radius 1 is 1.36 bits per heavy atom. The number of rotatable bonds is 2. The van der Waals surface area contributed by atoms with Crippen LogP contribution in [0.1, 0.15) is 16.7 Å². The highest BCUT2D eigenvalue weighted by molar-refractivity contribution is 5.30. The molecule has 0 fully saturated rings. The van der Waals surface area contributed by atoms with Crippen LogP contribution in [0, 0.1) is 18.8 Å². The number of nitroso groups, excluding NO2 is 1. The van der Waals surface area contributed by atoms with E-state index in [1.165, 1.54) is 5.56 Å². The van der Waals surface area contributed by atoms with Crippen LogP contribution in [0.25, 0.3) is 0 Å². The molecule has 0 heterocycles. The van der Waals surface area contributed by atoms with Gasteiger partial charge < -0.3 is 0 Å². The molecule has 2 nitrogen and oxygen atoms in total. The number of benzene rings is 1. The Labute approximate surface area is 66.2 Å². The monoisotopic (exact) mass is 149 g/mol. The van der Waals surface area contributed by atoms with Gasteiger partial charge in [-0.1, -0.05) is 28.9 Å². The van der Waals surface area contributed by atoms with Crippen LogP contribution in [-0.4, -0.2) is 0 Å². The average Bonchev–Trinajstić information content (AvgIpc) is 1.95. The van der Waals surface area contributed by atoms with Gasteiger partial charge in [0.2, 0.25) is 0 Å². The van der Waals surface area contributed by atoms with Crippen molar-refractivity contribution in [2.75, 3.05) is 0 Å². The van der Waals surface area contributed by atoms with Crippen LogP contribution in [0.15, 0.2) is 23.4 Å². The Morgan fingerprint density at radius 2 is 2.09 bits per heavy atom.